The molecule has 0 aromatic heterocycles. The van der Waals surface area contributed by atoms with E-state index in [2.05, 4.69) is 20.1 Å². The molecule has 2 rings (SSSR count). The molecule has 0 radical (unpaired) electrons. The monoisotopic (exact) mass is 444 g/mol. The summed E-state index contributed by atoms with van der Waals surface area (Å²) in [5.41, 5.74) is 0.647. The second-order valence-electron chi connectivity index (χ2n) is 6.51. The Kier molecular flexibility index (Phi) is 8.17. The van der Waals surface area contributed by atoms with Crippen molar-refractivity contribution in [3.8, 4) is 11.5 Å². The molecule has 10 nitrogen and oxygen atoms in total. The summed E-state index contributed by atoms with van der Waals surface area (Å²) in [5, 5.41) is 4.90. The second-order valence-corrected chi connectivity index (χ2v) is 6.51. The lowest BCUT2D eigenvalue weighted by atomic mass is 10.1. The van der Waals surface area contributed by atoms with Crippen molar-refractivity contribution in [3.63, 3.8) is 0 Å². The molecule has 0 spiro atoms. The second kappa shape index (κ2) is 10.8. The summed E-state index contributed by atoms with van der Waals surface area (Å²) < 4.78 is 19.8. The molecule has 2 aromatic rings. The van der Waals surface area contributed by atoms with Gasteiger partial charge in [-0.3, -0.25) is 9.59 Å². The quantitative estimate of drug-likeness (QED) is 0.491. The molecule has 0 saturated carbocycles. The SMILES string of the molecule is COC(=O)c1ccc(C(=O)OC)c(NC(=O)C(=O)NC(C)c2ccc(OC)c(OC)c2)c1. The Balaban J connectivity index is 2.20. The van der Waals surface area contributed by atoms with E-state index in [0.717, 1.165) is 0 Å². The Morgan fingerprint density at radius 1 is 0.781 bits per heavy atom. The Bertz CT molecular complexity index is 1030. The third kappa shape index (κ3) is 5.54. The fourth-order valence-electron chi connectivity index (χ4n) is 2.83. The van der Waals surface area contributed by atoms with Crippen LogP contribution in [0, 0.1) is 0 Å². The minimum atomic E-state index is -1.04. The molecule has 2 aromatic carbocycles. The molecule has 0 fully saturated rings. The Labute approximate surface area is 184 Å². The van der Waals surface area contributed by atoms with Crippen molar-refractivity contribution in [1.82, 2.24) is 5.32 Å². The summed E-state index contributed by atoms with van der Waals surface area (Å²) in [6.07, 6.45) is 0. The summed E-state index contributed by atoms with van der Waals surface area (Å²) in [7, 11) is 5.35. The summed E-state index contributed by atoms with van der Waals surface area (Å²) in [6.45, 7) is 1.68. The van der Waals surface area contributed by atoms with Crippen molar-refractivity contribution in [2.45, 2.75) is 13.0 Å². The van der Waals surface area contributed by atoms with Crippen LogP contribution in [0.1, 0.15) is 39.2 Å². The molecule has 0 saturated heterocycles. The largest absolute Gasteiger partial charge is 0.493 e. The van der Waals surface area contributed by atoms with Gasteiger partial charge in [-0.25, -0.2) is 9.59 Å². The van der Waals surface area contributed by atoms with Crippen LogP contribution in [-0.4, -0.2) is 52.2 Å². The minimum absolute atomic E-state index is 0.0331. The van der Waals surface area contributed by atoms with Crippen molar-refractivity contribution in [2.24, 2.45) is 0 Å². The molecule has 0 aliphatic heterocycles. The Morgan fingerprint density at radius 3 is 2.03 bits per heavy atom. The third-order valence-electron chi connectivity index (χ3n) is 4.56. The topological polar surface area (TPSA) is 129 Å². The highest BCUT2D eigenvalue weighted by molar-refractivity contribution is 6.40. The lowest BCUT2D eigenvalue weighted by molar-refractivity contribution is -0.136. The molecule has 170 valence electrons. The maximum atomic E-state index is 12.5. The van der Waals surface area contributed by atoms with E-state index in [0.29, 0.717) is 17.1 Å². The standard InChI is InChI=1S/C22H24N2O8/c1-12(13-7-9-17(29-2)18(11-13)30-3)23-19(25)20(26)24-16-10-14(21(27)31-4)6-8-15(16)22(28)32-5/h6-12H,1-5H3,(H,23,25)(H,24,26). The van der Waals surface area contributed by atoms with Gasteiger partial charge in [-0.05, 0) is 42.8 Å². The fraction of sp³-hybridized carbons (Fsp3) is 0.273. The van der Waals surface area contributed by atoms with Gasteiger partial charge in [0.05, 0.1) is 51.3 Å². The van der Waals surface area contributed by atoms with E-state index >= 15 is 0 Å². The predicted octanol–water partition coefficient (Wildman–Crippen LogP) is 2.09. The van der Waals surface area contributed by atoms with E-state index in [9.17, 15) is 19.2 Å². The van der Waals surface area contributed by atoms with Crippen LogP contribution in [0.25, 0.3) is 0 Å². The highest BCUT2D eigenvalue weighted by Crippen LogP contribution is 2.30. The molecule has 1 atom stereocenters. The average Bonchev–Trinajstić information content (AvgIpc) is 2.82. The van der Waals surface area contributed by atoms with Crippen molar-refractivity contribution in [3.05, 3.63) is 53.1 Å². The number of carbonyl (C=O) groups is 4. The number of anilines is 1. The average molecular weight is 444 g/mol. The lowest BCUT2D eigenvalue weighted by Gasteiger charge is -2.17. The molecule has 2 amide bonds. The predicted molar refractivity (Wildman–Crippen MR) is 114 cm³/mol. The van der Waals surface area contributed by atoms with Crippen LogP contribution in [0.4, 0.5) is 5.69 Å². The van der Waals surface area contributed by atoms with Crippen LogP contribution >= 0.6 is 0 Å². The minimum Gasteiger partial charge on any atom is -0.493 e. The number of hydrogen-bond donors (Lipinski definition) is 2. The van der Waals surface area contributed by atoms with Crippen molar-refractivity contribution < 1.29 is 38.1 Å². The van der Waals surface area contributed by atoms with E-state index in [1.165, 1.54) is 46.6 Å². The first-order valence-electron chi connectivity index (χ1n) is 9.40. The number of amides is 2. The van der Waals surface area contributed by atoms with Gasteiger partial charge in [0, 0.05) is 0 Å². The maximum absolute atomic E-state index is 12.5. The van der Waals surface area contributed by atoms with E-state index < -0.39 is 29.8 Å². The van der Waals surface area contributed by atoms with Crippen LogP contribution < -0.4 is 20.1 Å². The smallest absolute Gasteiger partial charge is 0.339 e. The molecule has 0 aliphatic rings. The van der Waals surface area contributed by atoms with Crippen LogP contribution in [0.2, 0.25) is 0 Å². The van der Waals surface area contributed by atoms with Crippen LogP contribution in [0.5, 0.6) is 11.5 Å². The number of carbonyl (C=O) groups excluding carboxylic acids is 4. The van der Waals surface area contributed by atoms with Gasteiger partial charge < -0.3 is 29.6 Å². The van der Waals surface area contributed by atoms with E-state index in [1.807, 2.05) is 0 Å². The number of hydrogen-bond acceptors (Lipinski definition) is 8. The first kappa shape index (κ1) is 24.2. The third-order valence-corrected chi connectivity index (χ3v) is 4.56. The van der Waals surface area contributed by atoms with Gasteiger partial charge in [-0.15, -0.1) is 0 Å². The van der Waals surface area contributed by atoms with Crippen LogP contribution in [-0.2, 0) is 19.1 Å². The zero-order valence-electron chi connectivity index (χ0n) is 18.3. The van der Waals surface area contributed by atoms with Gasteiger partial charge in [0.15, 0.2) is 11.5 Å². The number of ether oxygens (including phenoxy) is 4. The van der Waals surface area contributed by atoms with Gasteiger partial charge in [0.2, 0.25) is 0 Å². The molecule has 32 heavy (non-hydrogen) atoms. The Hall–Kier alpha value is -4.08. The first-order valence-corrected chi connectivity index (χ1v) is 9.40. The normalized spacial score (nSPS) is 11.0. The van der Waals surface area contributed by atoms with E-state index in [-0.39, 0.29) is 16.8 Å². The zero-order chi connectivity index (χ0) is 23.8. The molecular weight excluding hydrogens is 420 g/mol. The zero-order valence-corrected chi connectivity index (χ0v) is 18.3. The van der Waals surface area contributed by atoms with E-state index in [4.69, 9.17) is 9.47 Å². The number of esters is 2. The molecule has 2 N–H and O–H groups in total. The van der Waals surface area contributed by atoms with Gasteiger partial charge in [-0.1, -0.05) is 6.07 Å². The highest BCUT2D eigenvalue weighted by atomic mass is 16.5. The number of methoxy groups -OCH3 is 4. The summed E-state index contributed by atoms with van der Waals surface area (Å²) in [4.78, 5) is 48.7. The number of benzene rings is 2. The fourth-order valence-corrected chi connectivity index (χ4v) is 2.83. The lowest BCUT2D eigenvalue weighted by Crippen LogP contribution is -2.37. The van der Waals surface area contributed by atoms with E-state index in [1.54, 1.807) is 25.1 Å². The molecule has 0 aliphatic carbocycles. The molecule has 10 heteroatoms. The van der Waals surface area contributed by atoms with Crippen molar-refractivity contribution in [1.29, 1.82) is 0 Å². The summed E-state index contributed by atoms with van der Waals surface area (Å²) in [6, 6.07) is 8.38. The van der Waals surface area contributed by atoms with Crippen molar-refractivity contribution >= 4 is 29.4 Å². The summed E-state index contributed by atoms with van der Waals surface area (Å²) in [5.74, 6) is -2.43. The number of nitrogens with one attached hydrogen (secondary N) is 2. The molecular formula is C22H24N2O8. The van der Waals surface area contributed by atoms with Crippen molar-refractivity contribution in [2.75, 3.05) is 33.8 Å². The highest BCUT2D eigenvalue weighted by Gasteiger charge is 2.22. The van der Waals surface area contributed by atoms with Gasteiger partial charge >= 0.3 is 23.8 Å². The van der Waals surface area contributed by atoms with Gasteiger partial charge in [-0.2, -0.15) is 0 Å². The number of rotatable bonds is 7. The molecule has 1 unspecified atom stereocenters. The van der Waals surface area contributed by atoms with Crippen LogP contribution in [0.15, 0.2) is 36.4 Å². The summed E-state index contributed by atoms with van der Waals surface area (Å²) >= 11 is 0. The van der Waals surface area contributed by atoms with Crippen LogP contribution in [0.3, 0.4) is 0 Å². The maximum Gasteiger partial charge on any atom is 0.339 e. The van der Waals surface area contributed by atoms with Gasteiger partial charge in [0.1, 0.15) is 0 Å². The Morgan fingerprint density at radius 2 is 1.44 bits per heavy atom. The molecule has 0 heterocycles. The first-order chi connectivity index (χ1) is 15.2. The van der Waals surface area contributed by atoms with Gasteiger partial charge in [0.25, 0.3) is 0 Å². The molecule has 0 bridgehead atoms.